The van der Waals surface area contributed by atoms with Gasteiger partial charge in [-0.05, 0) is 30.5 Å². The molecule has 0 radical (unpaired) electrons. The Labute approximate surface area is 175 Å². The van der Waals surface area contributed by atoms with Crippen LogP contribution in [-0.2, 0) is 10.2 Å². The maximum Gasteiger partial charge on any atom is 0.191 e. The van der Waals surface area contributed by atoms with Gasteiger partial charge in [-0.1, -0.05) is 19.9 Å². The van der Waals surface area contributed by atoms with E-state index in [0.29, 0.717) is 6.04 Å². The zero-order valence-corrected chi connectivity index (χ0v) is 18.9. The molecule has 7 heteroatoms. The second kappa shape index (κ2) is 11.3. The van der Waals surface area contributed by atoms with Gasteiger partial charge < -0.3 is 29.7 Å². The lowest BCUT2D eigenvalue weighted by Crippen LogP contribution is -2.50. The van der Waals surface area contributed by atoms with Gasteiger partial charge in [0.2, 0.25) is 0 Å². The van der Waals surface area contributed by atoms with Gasteiger partial charge in [0.15, 0.2) is 17.5 Å². The van der Waals surface area contributed by atoms with Crippen molar-refractivity contribution >= 4 is 5.96 Å². The number of guanidine groups is 1. The minimum absolute atomic E-state index is 0.0965. The van der Waals surface area contributed by atoms with Crippen molar-refractivity contribution in [2.24, 2.45) is 4.99 Å². The van der Waals surface area contributed by atoms with E-state index in [-0.39, 0.29) is 5.41 Å². The highest BCUT2D eigenvalue weighted by Gasteiger charge is 2.24. The third-order valence-electron chi connectivity index (χ3n) is 5.63. The van der Waals surface area contributed by atoms with Crippen LogP contribution in [0.4, 0.5) is 0 Å². The predicted octanol–water partition coefficient (Wildman–Crippen LogP) is 2.26. The van der Waals surface area contributed by atoms with Gasteiger partial charge in [-0.15, -0.1) is 0 Å². The van der Waals surface area contributed by atoms with Crippen LogP contribution in [0.5, 0.6) is 11.5 Å². The molecule has 164 valence electrons. The van der Waals surface area contributed by atoms with Crippen LogP contribution in [0.2, 0.25) is 0 Å². The molecule has 1 aromatic carbocycles. The van der Waals surface area contributed by atoms with E-state index in [1.807, 2.05) is 19.2 Å². The van der Waals surface area contributed by atoms with Gasteiger partial charge in [-0.3, -0.25) is 4.99 Å². The summed E-state index contributed by atoms with van der Waals surface area (Å²) in [6, 6.07) is 6.55. The number of likely N-dealkylation sites (tertiary alicyclic amines) is 1. The van der Waals surface area contributed by atoms with Crippen LogP contribution in [0.3, 0.4) is 0 Å². The standard InChI is InChI=1S/C22H38N4O3/c1-22(2,17-7-8-19(28-5)20(15-17)29-6)16-24-21(23-3)25-18-9-11-26(12-10-18)13-14-27-4/h7-8,15,18H,9-14,16H2,1-6H3,(H2,23,24,25). The summed E-state index contributed by atoms with van der Waals surface area (Å²) in [5, 5.41) is 7.08. The van der Waals surface area contributed by atoms with Crippen LogP contribution in [-0.4, -0.2) is 78.1 Å². The SMILES string of the molecule is CN=C(NCC(C)(C)c1ccc(OC)c(OC)c1)NC1CCN(CCOC)CC1. The zero-order valence-electron chi connectivity index (χ0n) is 18.9. The lowest BCUT2D eigenvalue weighted by atomic mass is 9.84. The van der Waals surface area contributed by atoms with Crippen LogP contribution < -0.4 is 20.1 Å². The quantitative estimate of drug-likeness (QED) is 0.484. The number of hydrogen-bond donors (Lipinski definition) is 2. The van der Waals surface area contributed by atoms with Gasteiger partial charge in [0.05, 0.1) is 20.8 Å². The average Bonchev–Trinajstić information content (AvgIpc) is 2.75. The number of aliphatic imine (C=N–C) groups is 1. The predicted molar refractivity (Wildman–Crippen MR) is 118 cm³/mol. The molecule has 0 aliphatic carbocycles. The van der Waals surface area contributed by atoms with Crippen LogP contribution in [0.15, 0.2) is 23.2 Å². The van der Waals surface area contributed by atoms with Gasteiger partial charge in [0.1, 0.15) is 0 Å². The first kappa shape index (κ1) is 23.3. The molecule has 29 heavy (non-hydrogen) atoms. The normalized spacial score (nSPS) is 16.6. The molecule has 1 saturated heterocycles. The molecule has 0 unspecified atom stereocenters. The van der Waals surface area contributed by atoms with Crippen LogP contribution in [0.25, 0.3) is 0 Å². The fourth-order valence-electron chi connectivity index (χ4n) is 3.57. The second-order valence-electron chi connectivity index (χ2n) is 8.13. The molecule has 2 N–H and O–H groups in total. The molecule has 1 aliphatic heterocycles. The van der Waals surface area contributed by atoms with Gasteiger partial charge >= 0.3 is 0 Å². The first-order chi connectivity index (χ1) is 13.9. The number of rotatable bonds is 9. The van der Waals surface area contributed by atoms with Gasteiger partial charge in [-0.2, -0.15) is 0 Å². The van der Waals surface area contributed by atoms with Crippen molar-refractivity contribution in [2.45, 2.75) is 38.1 Å². The summed E-state index contributed by atoms with van der Waals surface area (Å²) in [5.74, 6) is 2.35. The molecule has 1 aromatic rings. The van der Waals surface area contributed by atoms with Crippen molar-refractivity contribution in [2.75, 3.05) is 61.2 Å². The maximum absolute atomic E-state index is 5.46. The van der Waals surface area contributed by atoms with E-state index in [2.05, 4.69) is 40.4 Å². The summed E-state index contributed by atoms with van der Waals surface area (Å²) >= 11 is 0. The highest BCUT2D eigenvalue weighted by atomic mass is 16.5. The highest BCUT2D eigenvalue weighted by Crippen LogP contribution is 2.32. The van der Waals surface area contributed by atoms with Crippen molar-refractivity contribution in [1.82, 2.24) is 15.5 Å². The summed E-state index contributed by atoms with van der Waals surface area (Å²) in [7, 11) is 6.90. The second-order valence-corrected chi connectivity index (χ2v) is 8.13. The lowest BCUT2D eigenvalue weighted by molar-refractivity contribution is 0.128. The fourth-order valence-corrected chi connectivity index (χ4v) is 3.57. The minimum atomic E-state index is -0.0965. The fraction of sp³-hybridized carbons (Fsp3) is 0.682. The third-order valence-corrected chi connectivity index (χ3v) is 5.63. The van der Waals surface area contributed by atoms with Gasteiger partial charge in [-0.25, -0.2) is 0 Å². The van der Waals surface area contributed by atoms with Crippen molar-refractivity contribution in [1.29, 1.82) is 0 Å². The summed E-state index contributed by atoms with van der Waals surface area (Å²) in [6.45, 7) is 9.17. The van der Waals surface area contributed by atoms with E-state index in [9.17, 15) is 0 Å². The maximum atomic E-state index is 5.46. The molecular weight excluding hydrogens is 368 g/mol. The Bertz CT molecular complexity index is 655. The zero-order chi connectivity index (χ0) is 21.3. The molecule has 1 heterocycles. The summed E-state index contributed by atoms with van der Waals surface area (Å²) in [4.78, 5) is 6.88. The lowest BCUT2D eigenvalue weighted by Gasteiger charge is -2.33. The summed E-state index contributed by atoms with van der Waals surface area (Å²) < 4.78 is 16.0. The number of benzene rings is 1. The molecule has 1 aliphatic rings. The van der Waals surface area contributed by atoms with Crippen molar-refractivity contribution < 1.29 is 14.2 Å². The molecule has 7 nitrogen and oxygen atoms in total. The molecule has 0 atom stereocenters. The summed E-state index contributed by atoms with van der Waals surface area (Å²) in [5.41, 5.74) is 1.09. The average molecular weight is 407 g/mol. The topological polar surface area (TPSA) is 67.4 Å². The Morgan fingerprint density at radius 1 is 1.14 bits per heavy atom. The van der Waals surface area contributed by atoms with Crippen LogP contribution in [0.1, 0.15) is 32.3 Å². The number of piperidine rings is 1. The van der Waals surface area contributed by atoms with Crippen molar-refractivity contribution in [3.63, 3.8) is 0 Å². The molecule has 0 bridgehead atoms. The van der Waals surface area contributed by atoms with Crippen LogP contribution in [0, 0.1) is 0 Å². The van der Waals surface area contributed by atoms with E-state index in [1.54, 1.807) is 21.3 Å². The minimum Gasteiger partial charge on any atom is -0.493 e. The molecule has 1 fully saturated rings. The van der Waals surface area contributed by atoms with Crippen molar-refractivity contribution in [3.8, 4) is 11.5 Å². The molecular formula is C22H38N4O3. The Hall–Kier alpha value is -1.99. The van der Waals surface area contributed by atoms with E-state index >= 15 is 0 Å². The van der Waals surface area contributed by atoms with E-state index in [4.69, 9.17) is 14.2 Å². The number of nitrogens with zero attached hydrogens (tertiary/aromatic N) is 2. The van der Waals surface area contributed by atoms with Crippen molar-refractivity contribution in [3.05, 3.63) is 23.8 Å². The molecule has 0 saturated carbocycles. The number of methoxy groups -OCH3 is 3. The smallest absolute Gasteiger partial charge is 0.191 e. The third kappa shape index (κ3) is 6.78. The molecule has 0 spiro atoms. The number of nitrogens with one attached hydrogen (secondary N) is 2. The highest BCUT2D eigenvalue weighted by molar-refractivity contribution is 5.80. The molecule has 0 aromatic heterocycles. The van der Waals surface area contributed by atoms with Gasteiger partial charge in [0, 0.05) is 51.8 Å². The first-order valence-corrected chi connectivity index (χ1v) is 10.3. The number of ether oxygens (including phenoxy) is 3. The van der Waals surface area contributed by atoms with E-state index in [1.165, 1.54) is 5.56 Å². The van der Waals surface area contributed by atoms with E-state index < -0.39 is 0 Å². The Morgan fingerprint density at radius 3 is 2.41 bits per heavy atom. The summed E-state index contributed by atoms with van der Waals surface area (Å²) in [6.07, 6.45) is 2.23. The molecule has 0 amide bonds. The first-order valence-electron chi connectivity index (χ1n) is 10.3. The Balaban J connectivity index is 1.88. The largest absolute Gasteiger partial charge is 0.493 e. The Kier molecular flexibility index (Phi) is 9.04. The monoisotopic (exact) mass is 406 g/mol. The Morgan fingerprint density at radius 2 is 1.83 bits per heavy atom. The van der Waals surface area contributed by atoms with E-state index in [0.717, 1.165) is 63.1 Å². The van der Waals surface area contributed by atoms with Gasteiger partial charge in [0.25, 0.3) is 0 Å². The van der Waals surface area contributed by atoms with Crippen LogP contribution >= 0.6 is 0 Å². The molecule has 2 rings (SSSR count). The number of hydrogen-bond acceptors (Lipinski definition) is 5.